The largest absolute Gasteiger partial charge is 0.311 e. The zero-order valence-electron chi connectivity index (χ0n) is 16.1. The summed E-state index contributed by atoms with van der Waals surface area (Å²) in [4.78, 5) is 21.9. The van der Waals surface area contributed by atoms with E-state index in [1.165, 1.54) is 18.6 Å². The molecule has 0 saturated heterocycles. The van der Waals surface area contributed by atoms with Crippen LogP contribution in [0.5, 0.6) is 0 Å². The van der Waals surface area contributed by atoms with Gasteiger partial charge in [0.05, 0.1) is 12.4 Å². The summed E-state index contributed by atoms with van der Waals surface area (Å²) < 4.78 is 0. The van der Waals surface area contributed by atoms with Crippen molar-refractivity contribution in [2.24, 2.45) is 5.10 Å². The molecule has 4 rings (SSSR count). The molecule has 30 heavy (non-hydrogen) atoms. The molecule has 0 fully saturated rings. The van der Waals surface area contributed by atoms with E-state index in [1.807, 2.05) is 60.7 Å². The number of hydrogen-bond acceptors (Lipinski definition) is 5. The summed E-state index contributed by atoms with van der Waals surface area (Å²) in [5.41, 5.74) is 6.69. The molecule has 1 aromatic heterocycles. The van der Waals surface area contributed by atoms with Crippen LogP contribution in [-0.2, 0) is 0 Å². The summed E-state index contributed by atoms with van der Waals surface area (Å²) in [7, 11) is 0. The van der Waals surface area contributed by atoms with Crippen molar-refractivity contribution in [1.82, 2.24) is 15.4 Å². The first-order valence-electron chi connectivity index (χ1n) is 9.41. The fraction of sp³-hybridized carbons (Fsp3) is 0. The first-order chi connectivity index (χ1) is 14.8. The second-order valence-electron chi connectivity index (χ2n) is 6.39. The van der Waals surface area contributed by atoms with E-state index in [4.69, 9.17) is 0 Å². The lowest BCUT2D eigenvalue weighted by molar-refractivity contribution is 0.0949. The molecule has 0 saturated carbocycles. The van der Waals surface area contributed by atoms with Crippen molar-refractivity contribution in [2.75, 3.05) is 4.90 Å². The summed E-state index contributed by atoms with van der Waals surface area (Å²) in [6, 6.07) is 28.3. The predicted molar refractivity (Wildman–Crippen MR) is 118 cm³/mol. The van der Waals surface area contributed by atoms with E-state index < -0.39 is 5.91 Å². The predicted octanol–water partition coefficient (Wildman–Crippen LogP) is 4.71. The molecule has 0 aliphatic carbocycles. The van der Waals surface area contributed by atoms with Crippen LogP contribution in [0.15, 0.2) is 109 Å². The Balaban J connectivity index is 1.52. The maximum atomic E-state index is 12.0. The number of nitrogens with one attached hydrogen (secondary N) is 1. The van der Waals surface area contributed by atoms with Crippen LogP contribution in [0.25, 0.3) is 0 Å². The minimum absolute atomic E-state index is 0.214. The minimum atomic E-state index is -0.407. The van der Waals surface area contributed by atoms with Crippen LogP contribution in [0.1, 0.15) is 16.1 Å². The van der Waals surface area contributed by atoms with E-state index in [9.17, 15) is 4.79 Å². The highest BCUT2D eigenvalue weighted by Gasteiger charge is 2.11. The van der Waals surface area contributed by atoms with E-state index in [0.29, 0.717) is 0 Å². The van der Waals surface area contributed by atoms with Gasteiger partial charge in [-0.25, -0.2) is 10.4 Å². The fourth-order valence-electron chi connectivity index (χ4n) is 2.95. The van der Waals surface area contributed by atoms with Crippen LogP contribution >= 0.6 is 0 Å². The van der Waals surface area contributed by atoms with Gasteiger partial charge in [0, 0.05) is 29.5 Å². The summed E-state index contributed by atoms with van der Waals surface area (Å²) in [5.74, 6) is -0.407. The van der Waals surface area contributed by atoms with Gasteiger partial charge >= 0.3 is 0 Å². The molecule has 1 heterocycles. The number of para-hydroxylation sites is 2. The lowest BCUT2D eigenvalue weighted by Crippen LogP contribution is -2.19. The molecular weight excluding hydrogens is 374 g/mol. The zero-order valence-corrected chi connectivity index (χ0v) is 16.1. The van der Waals surface area contributed by atoms with Crippen LogP contribution in [0.4, 0.5) is 17.1 Å². The number of aromatic nitrogens is 2. The summed E-state index contributed by atoms with van der Waals surface area (Å²) >= 11 is 0. The SMILES string of the molecule is O=C(N/N=C/c1ccc(N(c2ccccc2)c2ccccc2)cc1)c1cnccn1. The molecule has 0 aliphatic rings. The summed E-state index contributed by atoms with van der Waals surface area (Å²) in [6.07, 6.45) is 5.95. The minimum Gasteiger partial charge on any atom is -0.311 e. The number of carbonyl (C=O) groups is 1. The Hall–Kier alpha value is -4.32. The second-order valence-corrected chi connectivity index (χ2v) is 6.39. The number of rotatable bonds is 6. The highest BCUT2D eigenvalue weighted by atomic mass is 16.2. The van der Waals surface area contributed by atoms with Gasteiger partial charge in [0.2, 0.25) is 0 Å². The molecule has 0 bridgehead atoms. The van der Waals surface area contributed by atoms with Crippen molar-refractivity contribution in [2.45, 2.75) is 0 Å². The molecule has 0 unspecified atom stereocenters. The van der Waals surface area contributed by atoms with Crippen molar-refractivity contribution in [3.63, 3.8) is 0 Å². The number of hydrazone groups is 1. The van der Waals surface area contributed by atoms with E-state index in [0.717, 1.165) is 22.6 Å². The number of amides is 1. The number of hydrogen-bond donors (Lipinski definition) is 1. The van der Waals surface area contributed by atoms with Crippen LogP contribution < -0.4 is 10.3 Å². The van der Waals surface area contributed by atoms with Crippen molar-refractivity contribution < 1.29 is 4.79 Å². The molecule has 4 aromatic rings. The Labute approximate surface area is 174 Å². The average Bonchev–Trinajstić information content (AvgIpc) is 2.82. The monoisotopic (exact) mass is 393 g/mol. The van der Waals surface area contributed by atoms with Crippen molar-refractivity contribution in [3.8, 4) is 0 Å². The first-order valence-corrected chi connectivity index (χ1v) is 9.41. The Morgan fingerprint density at radius 2 is 1.40 bits per heavy atom. The molecule has 1 amide bonds. The summed E-state index contributed by atoms with van der Waals surface area (Å²) in [6.45, 7) is 0. The van der Waals surface area contributed by atoms with Gasteiger partial charge in [0.25, 0.3) is 5.91 Å². The molecule has 146 valence electrons. The van der Waals surface area contributed by atoms with Gasteiger partial charge in [-0.3, -0.25) is 9.78 Å². The van der Waals surface area contributed by atoms with Gasteiger partial charge in [0.1, 0.15) is 5.69 Å². The molecule has 0 radical (unpaired) electrons. The van der Waals surface area contributed by atoms with Gasteiger partial charge in [-0.1, -0.05) is 48.5 Å². The number of benzene rings is 3. The van der Waals surface area contributed by atoms with Crippen molar-refractivity contribution >= 4 is 29.2 Å². The Bertz CT molecular complexity index is 1080. The van der Waals surface area contributed by atoms with Crippen molar-refractivity contribution in [3.05, 3.63) is 115 Å². The third-order valence-corrected chi connectivity index (χ3v) is 4.36. The van der Waals surface area contributed by atoms with Crippen molar-refractivity contribution in [1.29, 1.82) is 0 Å². The number of anilines is 3. The lowest BCUT2D eigenvalue weighted by atomic mass is 10.1. The molecule has 1 N–H and O–H groups in total. The highest BCUT2D eigenvalue weighted by Crippen LogP contribution is 2.33. The quantitative estimate of drug-likeness (QED) is 0.380. The number of nitrogens with zero attached hydrogens (tertiary/aromatic N) is 4. The Morgan fingerprint density at radius 1 is 0.800 bits per heavy atom. The average molecular weight is 393 g/mol. The molecule has 0 atom stereocenters. The summed E-state index contributed by atoms with van der Waals surface area (Å²) in [5, 5.41) is 4.00. The van der Waals surface area contributed by atoms with Gasteiger partial charge in [0.15, 0.2) is 0 Å². The maximum Gasteiger partial charge on any atom is 0.291 e. The second kappa shape index (κ2) is 9.25. The maximum absolute atomic E-state index is 12.0. The van der Waals surface area contributed by atoms with Crippen LogP contribution in [0.2, 0.25) is 0 Å². The number of carbonyl (C=O) groups excluding carboxylic acids is 1. The normalized spacial score (nSPS) is 10.7. The van der Waals surface area contributed by atoms with E-state index in [1.54, 1.807) is 6.21 Å². The molecule has 0 spiro atoms. The van der Waals surface area contributed by atoms with Crippen LogP contribution in [0.3, 0.4) is 0 Å². The standard InChI is InChI=1S/C24H19N5O/c30-24(23-18-25-15-16-26-23)28-27-17-19-11-13-22(14-12-19)29(20-7-3-1-4-8-20)21-9-5-2-6-10-21/h1-18H,(H,28,30)/b27-17+. The molecule has 3 aromatic carbocycles. The Kier molecular flexibility index (Phi) is 5.86. The van der Waals surface area contributed by atoms with E-state index in [-0.39, 0.29) is 5.69 Å². The van der Waals surface area contributed by atoms with E-state index in [2.05, 4.69) is 49.7 Å². The van der Waals surface area contributed by atoms with Gasteiger partial charge in [-0.05, 0) is 42.0 Å². The van der Waals surface area contributed by atoms with Gasteiger partial charge < -0.3 is 4.90 Å². The van der Waals surface area contributed by atoms with E-state index >= 15 is 0 Å². The molecule has 6 nitrogen and oxygen atoms in total. The van der Waals surface area contributed by atoms with Gasteiger partial charge in [-0.15, -0.1) is 0 Å². The third kappa shape index (κ3) is 4.56. The Morgan fingerprint density at radius 3 is 1.97 bits per heavy atom. The van der Waals surface area contributed by atoms with Crippen LogP contribution in [0, 0.1) is 0 Å². The fourth-order valence-corrected chi connectivity index (χ4v) is 2.95. The van der Waals surface area contributed by atoms with Gasteiger partial charge in [-0.2, -0.15) is 5.10 Å². The molecule has 0 aliphatic heterocycles. The lowest BCUT2D eigenvalue weighted by Gasteiger charge is -2.25. The zero-order chi connectivity index (χ0) is 20.6. The molecule has 6 heteroatoms. The topological polar surface area (TPSA) is 70.5 Å². The third-order valence-electron chi connectivity index (χ3n) is 4.36. The smallest absolute Gasteiger partial charge is 0.291 e. The molecular formula is C24H19N5O. The first kappa shape index (κ1) is 19.0. The highest BCUT2D eigenvalue weighted by molar-refractivity contribution is 5.92. The van der Waals surface area contributed by atoms with Crippen LogP contribution in [-0.4, -0.2) is 22.1 Å².